The predicted molar refractivity (Wildman–Crippen MR) is 68.4 cm³/mol. The van der Waals surface area contributed by atoms with Crippen LogP contribution in [-0.4, -0.2) is 29.4 Å². The lowest BCUT2D eigenvalue weighted by atomic mass is 10.1. The van der Waals surface area contributed by atoms with Crippen molar-refractivity contribution in [3.8, 4) is 0 Å². The standard InChI is InChI=1S/C6H11NO.C5H3BrClN/c8-6-7-4-2-1-3-5-7;6-4-1-2-5(7)8-3-4/h6H,1-5H2;1-3H. The van der Waals surface area contributed by atoms with Crippen molar-refractivity contribution in [1.82, 2.24) is 9.88 Å². The van der Waals surface area contributed by atoms with Crippen LogP contribution in [0.1, 0.15) is 19.3 Å². The molecular formula is C11H14BrClN2O. The van der Waals surface area contributed by atoms with Crippen LogP contribution in [0.2, 0.25) is 5.15 Å². The topological polar surface area (TPSA) is 33.2 Å². The van der Waals surface area contributed by atoms with Crippen molar-refractivity contribution in [3.05, 3.63) is 28.0 Å². The minimum atomic E-state index is 0.521. The Morgan fingerprint density at radius 1 is 1.31 bits per heavy atom. The molecule has 1 saturated heterocycles. The zero-order chi connectivity index (χ0) is 11.8. The molecule has 1 aromatic heterocycles. The molecule has 0 aliphatic carbocycles. The van der Waals surface area contributed by atoms with E-state index in [1.807, 2.05) is 11.0 Å². The summed E-state index contributed by atoms with van der Waals surface area (Å²) in [6, 6.07) is 3.57. The Kier molecular flexibility index (Phi) is 6.42. The number of halogens is 2. The summed E-state index contributed by atoms with van der Waals surface area (Å²) in [5.74, 6) is 0. The fourth-order valence-electron chi connectivity index (χ4n) is 1.38. The first-order valence-corrected chi connectivity index (χ1v) is 6.36. The van der Waals surface area contributed by atoms with E-state index in [4.69, 9.17) is 11.6 Å². The average Bonchev–Trinajstić information content (AvgIpc) is 2.35. The largest absolute Gasteiger partial charge is 0.345 e. The fourth-order valence-corrected chi connectivity index (χ4v) is 1.73. The quantitative estimate of drug-likeness (QED) is 0.590. The normalized spacial score (nSPS) is 15.0. The number of carbonyl (C=O) groups is 1. The number of piperidine rings is 1. The first-order chi connectivity index (χ1) is 7.72. The van der Waals surface area contributed by atoms with Crippen LogP contribution in [0, 0.1) is 0 Å². The second-order valence-corrected chi connectivity index (χ2v) is 4.80. The van der Waals surface area contributed by atoms with Gasteiger partial charge in [-0.25, -0.2) is 4.98 Å². The molecule has 1 amide bonds. The van der Waals surface area contributed by atoms with Gasteiger partial charge in [0.25, 0.3) is 0 Å². The van der Waals surface area contributed by atoms with Gasteiger partial charge < -0.3 is 4.90 Å². The van der Waals surface area contributed by atoms with Gasteiger partial charge in [0.1, 0.15) is 5.15 Å². The summed E-state index contributed by atoms with van der Waals surface area (Å²) in [5.41, 5.74) is 0. The highest BCUT2D eigenvalue weighted by molar-refractivity contribution is 9.10. The molecule has 88 valence electrons. The number of hydrogen-bond acceptors (Lipinski definition) is 2. The molecule has 3 nitrogen and oxygen atoms in total. The molecule has 1 aliphatic heterocycles. The van der Waals surface area contributed by atoms with Crippen molar-refractivity contribution < 1.29 is 4.79 Å². The summed E-state index contributed by atoms with van der Waals surface area (Å²) in [4.78, 5) is 15.7. The Morgan fingerprint density at radius 3 is 2.38 bits per heavy atom. The first-order valence-electron chi connectivity index (χ1n) is 5.19. The maximum atomic E-state index is 10.1. The van der Waals surface area contributed by atoms with Crippen molar-refractivity contribution in [2.24, 2.45) is 0 Å². The zero-order valence-electron chi connectivity index (χ0n) is 8.90. The molecule has 5 heteroatoms. The molecule has 16 heavy (non-hydrogen) atoms. The molecule has 0 bridgehead atoms. The number of hydrogen-bond donors (Lipinski definition) is 0. The number of rotatable bonds is 1. The summed E-state index contributed by atoms with van der Waals surface area (Å²) < 4.78 is 0.946. The van der Waals surface area contributed by atoms with E-state index in [0.717, 1.165) is 24.0 Å². The molecule has 2 rings (SSSR count). The lowest BCUT2D eigenvalue weighted by Gasteiger charge is -2.21. The Bertz CT molecular complexity index is 291. The van der Waals surface area contributed by atoms with E-state index in [-0.39, 0.29) is 0 Å². The number of likely N-dealkylation sites (tertiary alicyclic amines) is 1. The van der Waals surface area contributed by atoms with Crippen LogP contribution in [0.25, 0.3) is 0 Å². The average molecular weight is 306 g/mol. The van der Waals surface area contributed by atoms with Crippen molar-refractivity contribution in [2.45, 2.75) is 19.3 Å². The van der Waals surface area contributed by atoms with Gasteiger partial charge in [-0.3, -0.25) is 4.79 Å². The second kappa shape index (κ2) is 7.63. The Labute approximate surface area is 109 Å². The third-order valence-corrected chi connectivity index (χ3v) is 2.92. The van der Waals surface area contributed by atoms with E-state index >= 15 is 0 Å². The highest BCUT2D eigenvalue weighted by atomic mass is 79.9. The van der Waals surface area contributed by atoms with E-state index < -0.39 is 0 Å². The van der Waals surface area contributed by atoms with Crippen LogP contribution >= 0.6 is 27.5 Å². The highest BCUT2D eigenvalue weighted by Gasteiger charge is 2.05. The fraction of sp³-hybridized carbons (Fsp3) is 0.455. The molecule has 0 N–H and O–H groups in total. The Hall–Kier alpha value is -0.610. The van der Waals surface area contributed by atoms with Crippen molar-refractivity contribution in [1.29, 1.82) is 0 Å². The number of nitrogens with zero attached hydrogens (tertiary/aromatic N) is 2. The summed E-state index contributed by atoms with van der Waals surface area (Å²) in [6.07, 6.45) is 6.28. The minimum absolute atomic E-state index is 0.521. The molecule has 0 saturated carbocycles. The third kappa shape index (κ3) is 5.47. The molecule has 1 aromatic rings. The maximum Gasteiger partial charge on any atom is 0.209 e. The van der Waals surface area contributed by atoms with E-state index in [1.165, 1.54) is 19.3 Å². The first kappa shape index (κ1) is 13.5. The Morgan fingerprint density at radius 2 is 2.00 bits per heavy atom. The number of amides is 1. The summed E-state index contributed by atoms with van der Waals surface area (Å²) >= 11 is 8.70. The van der Waals surface area contributed by atoms with Crippen molar-refractivity contribution >= 4 is 33.9 Å². The summed E-state index contributed by atoms with van der Waals surface area (Å²) in [6.45, 7) is 1.95. The monoisotopic (exact) mass is 304 g/mol. The summed E-state index contributed by atoms with van der Waals surface area (Å²) in [5, 5.41) is 0.521. The number of pyridine rings is 1. The number of aromatic nitrogens is 1. The molecule has 0 radical (unpaired) electrons. The van der Waals surface area contributed by atoms with E-state index in [9.17, 15) is 4.79 Å². The summed E-state index contributed by atoms with van der Waals surface area (Å²) in [7, 11) is 0. The molecule has 2 heterocycles. The van der Waals surface area contributed by atoms with E-state index in [0.29, 0.717) is 5.15 Å². The van der Waals surface area contributed by atoms with Gasteiger partial charge in [-0.1, -0.05) is 11.6 Å². The molecule has 0 aromatic carbocycles. The van der Waals surface area contributed by atoms with Crippen LogP contribution in [0.15, 0.2) is 22.8 Å². The van der Waals surface area contributed by atoms with E-state index in [1.54, 1.807) is 12.3 Å². The van der Waals surface area contributed by atoms with Gasteiger partial charge in [0.2, 0.25) is 6.41 Å². The van der Waals surface area contributed by atoms with Crippen LogP contribution in [0.3, 0.4) is 0 Å². The minimum Gasteiger partial charge on any atom is -0.345 e. The molecule has 0 atom stereocenters. The maximum absolute atomic E-state index is 10.1. The molecule has 0 unspecified atom stereocenters. The molecule has 1 aliphatic rings. The number of carbonyl (C=O) groups excluding carboxylic acids is 1. The molecule has 1 fully saturated rings. The third-order valence-electron chi connectivity index (χ3n) is 2.23. The van der Waals surface area contributed by atoms with Crippen LogP contribution in [0.5, 0.6) is 0 Å². The van der Waals surface area contributed by atoms with E-state index in [2.05, 4.69) is 20.9 Å². The lowest BCUT2D eigenvalue weighted by Crippen LogP contribution is -2.27. The van der Waals surface area contributed by atoms with Gasteiger partial charge in [0.15, 0.2) is 0 Å². The second-order valence-electron chi connectivity index (χ2n) is 3.50. The van der Waals surface area contributed by atoms with Crippen LogP contribution in [0.4, 0.5) is 0 Å². The van der Waals surface area contributed by atoms with Gasteiger partial charge in [-0.2, -0.15) is 0 Å². The Balaban J connectivity index is 0.000000160. The highest BCUT2D eigenvalue weighted by Crippen LogP contribution is 2.09. The van der Waals surface area contributed by atoms with Crippen molar-refractivity contribution in [2.75, 3.05) is 13.1 Å². The molecule has 0 spiro atoms. The predicted octanol–water partition coefficient (Wildman–Crippen LogP) is 3.13. The lowest BCUT2D eigenvalue weighted by molar-refractivity contribution is -0.118. The van der Waals surface area contributed by atoms with Crippen LogP contribution in [-0.2, 0) is 4.79 Å². The van der Waals surface area contributed by atoms with Gasteiger partial charge in [0, 0.05) is 23.8 Å². The van der Waals surface area contributed by atoms with Gasteiger partial charge in [0.05, 0.1) is 0 Å². The van der Waals surface area contributed by atoms with Gasteiger partial charge >= 0.3 is 0 Å². The molecular weight excluding hydrogens is 291 g/mol. The zero-order valence-corrected chi connectivity index (χ0v) is 11.2. The SMILES string of the molecule is Clc1ccc(Br)cn1.O=CN1CCCCC1. The van der Waals surface area contributed by atoms with Gasteiger partial charge in [-0.15, -0.1) is 0 Å². The van der Waals surface area contributed by atoms with Crippen LogP contribution < -0.4 is 0 Å². The smallest absolute Gasteiger partial charge is 0.209 e. The van der Waals surface area contributed by atoms with Crippen molar-refractivity contribution in [3.63, 3.8) is 0 Å². The van der Waals surface area contributed by atoms with Gasteiger partial charge in [-0.05, 0) is 47.3 Å².